The van der Waals surface area contributed by atoms with Gasteiger partial charge in [-0.25, -0.2) is 21.9 Å². The lowest BCUT2D eigenvalue weighted by Gasteiger charge is -2.08. The fourth-order valence-corrected chi connectivity index (χ4v) is 2.55. The van der Waals surface area contributed by atoms with Gasteiger partial charge in [-0.05, 0) is 18.6 Å². The minimum atomic E-state index is -3.55. The van der Waals surface area contributed by atoms with Crippen LogP contribution < -0.4 is 10.0 Å². The van der Waals surface area contributed by atoms with Gasteiger partial charge in [0.1, 0.15) is 17.3 Å². The number of anilines is 1. The SMILES string of the molecule is CCCCS(=O)(=O)NCC(=O)Nc1c(F)cccc1F. The predicted molar refractivity (Wildman–Crippen MR) is 71.7 cm³/mol. The summed E-state index contributed by atoms with van der Waals surface area (Å²) >= 11 is 0. The van der Waals surface area contributed by atoms with Crippen LogP contribution in [0.25, 0.3) is 0 Å². The Kier molecular flexibility index (Phi) is 6.03. The maximum Gasteiger partial charge on any atom is 0.239 e. The van der Waals surface area contributed by atoms with Crippen LogP contribution in [0.5, 0.6) is 0 Å². The molecule has 0 aromatic heterocycles. The number of nitrogens with one attached hydrogen (secondary N) is 2. The van der Waals surface area contributed by atoms with Gasteiger partial charge in [0.15, 0.2) is 0 Å². The lowest BCUT2D eigenvalue weighted by atomic mass is 10.3. The summed E-state index contributed by atoms with van der Waals surface area (Å²) in [7, 11) is -3.55. The number of carbonyl (C=O) groups excluding carboxylic acids is 1. The van der Waals surface area contributed by atoms with E-state index in [1.165, 1.54) is 0 Å². The predicted octanol–water partition coefficient (Wildman–Crippen LogP) is 1.62. The minimum Gasteiger partial charge on any atom is -0.320 e. The topological polar surface area (TPSA) is 75.3 Å². The van der Waals surface area contributed by atoms with Crippen LogP contribution in [0.1, 0.15) is 19.8 Å². The Bertz CT molecular complexity index is 556. The van der Waals surface area contributed by atoms with Gasteiger partial charge in [0.05, 0.1) is 12.3 Å². The van der Waals surface area contributed by atoms with E-state index in [2.05, 4.69) is 4.72 Å². The van der Waals surface area contributed by atoms with Crippen molar-refractivity contribution in [3.8, 4) is 0 Å². The van der Waals surface area contributed by atoms with Crippen LogP contribution in [0, 0.1) is 11.6 Å². The molecule has 0 spiro atoms. The van der Waals surface area contributed by atoms with Gasteiger partial charge in [0.2, 0.25) is 15.9 Å². The molecule has 8 heteroatoms. The number of rotatable bonds is 7. The molecule has 0 heterocycles. The van der Waals surface area contributed by atoms with E-state index >= 15 is 0 Å². The fraction of sp³-hybridized carbons (Fsp3) is 0.417. The maximum absolute atomic E-state index is 13.3. The zero-order valence-corrected chi connectivity index (χ0v) is 11.8. The molecular formula is C12H16F2N2O3S. The molecule has 5 nitrogen and oxygen atoms in total. The number of benzene rings is 1. The summed E-state index contributed by atoms with van der Waals surface area (Å²) < 4.78 is 51.5. The number of unbranched alkanes of at least 4 members (excludes halogenated alkanes) is 1. The molecule has 112 valence electrons. The first kappa shape index (κ1) is 16.5. The van der Waals surface area contributed by atoms with E-state index < -0.39 is 39.8 Å². The number of hydrogen-bond donors (Lipinski definition) is 2. The van der Waals surface area contributed by atoms with Crippen molar-refractivity contribution in [1.82, 2.24) is 4.72 Å². The fourth-order valence-electron chi connectivity index (χ4n) is 1.38. The van der Waals surface area contributed by atoms with Gasteiger partial charge in [-0.2, -0.15) is 0 Å². The van der Waals surface area contributed by atoms with E-state index in [1.807, 2.05) is 12.2 Å². The molecule has 1 aromatic carbocycles. The first-order valence-corrected chi connectivity index (χ1v) is 7.72. The molecule has 0 saturated heterocycles. The lowest BCUT2D eigenvalue weighted by Crippen LogP contribution is -2.34. The van der Waals surface area contributed by atoms with Crippen molar-refractivity contribution in [3.05, 3.63) is 29.8 Å². The van der Waals surface area contributed by atoms with Gasteiger partial charge >= 0.3 is 0 Å². The molecule has 20 heavy (non-hydrogen) atoms. The molecule has 1 amide bonds. The molecule has 1 aromatic rings. The highest BCUT2D eigenvalue weighted by atomic mass is 32.2. The number of sulfonamides is 1. The summed E-state index contributed by atoms with van der Waals surface area (Å²) in [5.41, 5.74) is -0.592. The third-order valence-electron chi connectivity index (χ3n) is 2.45. The Morgan fingerprint density at radius 3 is 2.40 bits per heavy atom. The quantitative estimate of drug-likeness (QED) is 0.804. The largest absolute Gasteiger partial charge is 0.320 e. The second-order valence-corrected chi connectivity index (χ2v) is 6.06. The highest BCUT2D eigenvalue weighted by molar-refractivity contribution is 7.89. The molecule has 2 N–H and O–H groups in total. The third kappa shape index (κ3) is 5.22. The van der Waals surface area contributed by atoms with E-state index in [1.54, 1.807) is 0 Å². The van der Waals surface area contributed by atoms with Gasteiger partial charge in [0, 0.05) is 0 Å². The Morgan fingerprint density at radius 2 is 1.85 bits per heavy atom. The normalized spacial score (nSPS) is 11.3. The summed E-state index contributed by atoms with van der Waals surface area (Å²) in [5, 5.41) is 1.99. The van der Waals surface area contributed by atoms with E-state index in [0.29, 0.717) is 12.8 Å². The van der Waals surface area contributed by atoms with Crippen LogP contribution in [0.2, 0.25) is 0 Å². The molecule has 0 fully saturated rings. The zero-order chi connectivity index (χ0) is 15.2. The van der Waals surface area contributed by atoms with Gasteiger partial charge in [-0.1, -0.05) is 19.4 Å². The highest BCUT2D eigenvalue weighted by Crippen LogP contribution is 2.17. The van der Waals surface area contributed by atoms with Gasteiger partial charge in [-0.3, -0.25) is 4.79 Å². The third-order valence-corrected chi connectivity index (χ3v) is 3.86. The molecule has 0 unspecified atom stereocenters. The number of amides is 1. The van der Waals surface area contributed by atoms with Crippen molar-refractivity contribution >= 4 is 21.6 Å². The van der Waals surface area contributed by atoms with E-state index in [0.717, 1.165) is 18.2 Å². The first-order valence-electron chi connectivity index (χ1n) is 6.07. The molecule has 0 aliphatic carbocycles. The van der Waals surface area contributed by atoms with Crippen LogP contribution in [-0.4, -0.2) is 26.6 Å². The zero-order valence-electron chi connectivity index (χ0n) is 10.9. The van der Waals surface area contributed by atoms with E-state index in [4.69, 9.17) is 0 Å². The summed E-state index contributed by atoms with van der Waals surface area (Å²) in [6.45, 7) is 1.27. The molecular weight excluding hydrogens is 290 g/mol. The van der Waals surface area contributed by atoms with Gasteiger partial charge in [0.25, 0.3) is 0 Å². The second kappa shape index (κ2) is 7.30. The molecule has 0 atom stereocenters. The second-order valence-electron chi connectivity index (χ2n) is 4.14. The van der Waals surface area contributed by atoms with Gasteiger partial charge in [-0.15, -0.1) is 0 Å². The number of hydrogen-bond acceptors (Lipinski definition) is 3. The first-order chi connectivity index (χ1) is 9.35. The number of halogens is 2. The van der Waals surface area contributed by atoms with Crippen molar-refractivity contribution in [2.75, 3.05) is 17.6 Å². The highest BCUT2D eigenvalue weighted by Gasteiger charge is 2.15. The number of para-hydroxylation sites is 1. The van der Waals surface area contributed by atoms with Crippen LogP contribution >= 0.6 is 0 Å². The Hall–Kier alpha value is -1.54. The van der Waals surface area contributed by atoms with Crippen molar-refractivity contribution in [2.24, 2.45) is 0 Å². The van der Waals surface area contributed by atoms with E-state index in [9.17, 15) is 22.0 Å². The summed E-state index contributed by atoms with van der Waals surface area (Å²) in [6, 6.07) is 3.14. The Morgan fingerprint density at radius 1 is 1.25 bits per heavy atom. The van der Waals surface area contributed by atoms with Crippen LogP contribution in [0.3, 0.4) is 0 Å². The summed E-state index contributed by atoms with van der Waals surface area (Å²) in [4.78, 5) is 11.5. The van der Waals surface area contributed by atoms with Crippen LogP contribution in [-0.2, 0) is 14.8 Å². The van der Waals surface area contributed by atoms with Crippen molar-refractivity contribution in [2.45, 2.75) is 19.8 Å². The summed E-state index contributed by atoms with van der Waals surface area (Å²) in [6.07, 6.45) is 1.17. The molecule has 0 bridgehead atoms. The van der Waals surface area contributed by atoms with Crippen molar-refractivity contribution in [1.29, 1.82) is 0 Å². The molecule has 0 saturated carbocycles. The summed E-state index contributed by atoms with van der Waals surface area (Å²) in [5.74, 6) is -2.78. The molecule has 1 rings (SSSR count). The molecule has 0 radical (unpaired) electrons. The average molecular weight is 306 g/mol. The maximum atomic E-state index is 13.3. The van der Waals surface area contributed by atoms with Crippen LogP contribution in [0.4, 0.5) is 14.5 Å². The van der Waals surface area contributed by atoms with Gasteiger partial charge < -0.3 is 5.32 Å². The average Bonchev–Trinajstić information content (AvgIpc) is 2.39. The number of carbonyl (C=O) groups is 1. The monoisotopic (exact) mass is 306 g/mol. The molecule has 0 aliphatic rings. The standard InChI is InChI=1S/C12H16F2N2O3S/c1-2-3-7-20(18,19)15-8-11(17)16-12-9(13)5-4-6-10(12)14/h4-6,15H,2-3,7-8H2,1H3,(H,16,17). The Balaban J connectivity index is 2.57. The smallest absolute Gasteiger partial charge is 0.239 e. The van der Waals surface area contributed by atoms with E-state index in [-0.39, 0.29) is 5.75 Å². The minimum absolute atomic E-state index is 0.0924. The Labute approximate surface area is 116 Å². The lowest BCUT2D eigenvalue weighted by molar-refractivity contribution is -0.115. The van der Waals surface area contributed by atoms with Crippen molar-refractivity contribution in [3.63, 3.8) is 0 Å². The van der Waals surface area contributed by atoms with Crippen LogP contribution in [0.15, 0.2) is 18.2 Å². The molecule has 0 aliphatic heterocycles. The van der Waals surface area contributed by atoms with Crippen molar-refractivity contribution < 1.29 is 22.0 Å².